The van der Waals surface area contributed by atoms with E-state index in [0.717, 1.165) is 18.5 Å². The number of carbonyl (C=O) groups is 1. The normalized spacial score (nSPS) is 21.4. The standard InChI is InChI=1S/C17H21N3O3S/c1-24(22,23)16-8-3-6-14(12-16)19-17(21)13-5-2-7-15(11-13)20-10-4-9-18-20/h2,4-5,7,9-11,14,16H,3,6,8,12H2,1H3,(H,19,21). The molecule has 1 aromatic carbocycles. The van der Waals surface area contributed by atoms with E-state index in [1.54, 1.807) is 23.0 Å². The van der Waals surface area contributed by atoms with Crippen molar-refractivity contribution in [2.45, 2.75) is 37.0 Å². The summed E-state index contributed by atoms with van der Waals surface area (Å²) in [6.45, 7) is 0. The molecule has 1 fully saturated rings. The fourth-order valence-electron chi connectivity index (χ4n) is 3.14. The molecule has 1 N–H and O–H groups in total. The van der Waals surface area contributed by atoms with E-state index in [1.165, 1.54) is 6.26 Å². The van der Waals surface area contributed by atoms with Crippen LogP contribution in [0.3, 0.4) is 0 Å². The summed E-state index contributed by atoms with van der Waals surface area (Å²) in [6, 6.07) is 8.94. The molecule has 6 nitrogen and oxygen atoms in total. The van der Waals surface area contributed by atoms with Gasteiger partial charge in [0.15, 0.2) is 0 Å². The molecule has 1 aliphatic rings. The van der Waals surface area contributed by atoms with Crippen LogP contribution in [0.5, 0.6) is 0 Å². The number of nitrogens with one attached hydrogen (secondary N) is 1. The monoisotopic (exact) mass is 347 g/mol. The lowest BCUT2D eigenvalue weighted by Gasteiger charge is -2.28. The molecule has 1 aliphatic carbocycles. The summed E-state index contributed by atoms with van der Waals surface area (Å²) in [7, 11) is -3.06. The van der Waals surface area contributed by atoms with Crippen LogP contribution in [0.15, 0.2) is 42.7 Å². The first-order valence-corrected chi connectivity index (χ1v) is 9.99. The largest absolute Gasteiger partial charge is 0.349 e. The minimum atomic E-state index is -3.06. The van der Waals surface area contributed by atoms with Crippen molar-refractivity contribution in [3.8, 4) is 5.69 Å². The molecule has 2 atom stereocenters. The molecule has 128 valence electrons. The van der Waals surface area contributed by atoms with Gasteiger partial charge in [-0.15, -0.1) is 0 Å². The molecule has 3 rings (SSSR count). The fraction of sp³-hybridized carbons (Fsp3) is 0.412. The lowest BCUT2D eigenvalue weighted by Crippen LogP contribution is -2.41. The highest BCUT2D eigenvalue weighted by molar-refractivity contribution is 7.91. The number of hydrogen-bond acceptors (Lipinski definition) is 4. The number of nitrogens with zero attached hydrogens (tertiary/aromatic N) is 2. The summed E-state index contributed by atoms with van der Waals surface area (Å²) < 4.78 is 25.2. The van der Waals surface area contributed by atoms with Crippen molar-refractivity contribution in [2.75, 3.05) is 6.26 Å². The molecule has 24 heavy (non-hydrogen) atoms. The van der Waals surface area contributed by atoms with Gasteiger partial charge in [-0.25, -0.2) is 13.1 Å². The number of aromatic nitrogens is 2. The van der Waals surface area contributed by atoms with Gasteiger partial charge in [0.25, 0.3) is 5.91 Å². The number of carbonyl (C=O) groups excluding carboxylic acids is 1. The smallest absolute Gasteiger partial charge is 0.251 e. The van der Waals surface area contributed by atoms with Gasteiger partial charge in [-0.2, -0.15) is 5.10 Å². The zero-order valence-electron chi connectivity index (χ0n) is 13.6. The zero-order valence-corrected chi connectivity index (χ0v) is 14.4. The molecular weight excluding hydrogens is 326 g/mol. The molecule has 0 spiro atoms. The van der Waals surface area contributed by atoms with E-state index < -0.39 is 9.84 Å². The van der Waals surface area contributed by atoms with Gasteiger partial charge in [0.2, 0.25) is 0 Å². The molecule has 2 unspecified atom stereocenters. The van der Waals surface area contributed by atoms with E-state index >= 15 is 0 Å². The summed E-state index contributed by atoms with van der Waals surface area (Å²) in [6.07, 6.45) is 7.57. The third-order valence-electron chi connectivity index (χ3n) is 4.44. The Labute approximate surface area is 141 Å². The first-order valence-electron chi connectivity index (χ1n) is 8.03. The van der Waals surface area contributed by atoms with E-state index in [9.17, 15) is 13.2 Å². The first kappa shape index (κ1) is 16.7. The first-order chi connectivity index (χ1) is 11.4. The Hall–Kier alpha value is -2.15. The van der Waals surface area contributed by atoms with Gasteiger partial charge in [-0.3, -0.25) is 4.79 Å². The highest BCUT2D eigenvalue weighted by Crippen LogP contribution is 2.24. The van der Waals surface area contributed by atoms with Crippen molar-refractivity contribution < 1.29 is 13.2 Å². The van der Waals surface area contributed by atoms with Crippen molar-refractivity contribution in [2.24, 2.45) is 0 Å². The highest BCUT2D eigenvalue weighted by Gasteiger charge is 2.29. The summed E-state index contributed by atoms with van der Waals surface area (Å²) in [5, 5.41) is 6.78. The van der Waals surface area contributed by atoms with Crippen molar-refractivity contribution in [3.05, 3.63) is 48.3 Å². The summed E-state index contributed by atoms with van der Waals surface area (Å²) >= 11 is 0. The third-order valence-corrected chi connectivity index (χ3v) is 6.08. The van der Waals surface area contributed by atoms with E-state index in [2.05, 4.69) is 10.4 Å². The van der Waals surface area contributed by atoms with Gasteiger partial charge in [-0.05, 0) is 43.5 Å². The molecule has 7 heteroatoms. The van der Waals surface area contributed by atoms with E-state index in [1.807, 2.05) is 24.4 Å². The molecule has 1 aromatic heterocycles. The second kappa shape index (κ2) is 6.76. The van der Waals surface area contributed by atoms with Crippen LogP contribution >= 0.6 is 0 Å². The van der Waals surface area contributed by atoms with E-state index in [4.69, 9.17) is 0 Å². The third kappa shape index (κ3) is 3.84. The maximum atomic E-state index is 12.5. The fourth-order valence-corrected chi connectivity index (χ4v) is 4.32. The Kier molecular flexibility index (Phi) is 4.71. The highest BCUT2D eigenvalue weighted by atomic mass is 32.2. The predicted octanol–water partition coefficient (Wildman–Crippen LogP) is 1.96. The maximum absolute atomic E-state index is 12.5. The van der Waals surface area contributed by atoms with Crippen LogP contribution < -0.4 is 5.32 Å². The van der Waals surface area contributed by atoms with Gasteiger partial charge < -0.3 is 5.32 Å². The Morgan fingerprint density at radius 1 is 1.29 bits per heavy atom. The van der Waals surface area contributed by atoms with Gasteiger partial charge in [0, 0.05) is 30.3 Å². The predicted molar refractivity (Wildman–Crippen MR) is 91.9 cm³/mol. The van der Waals surface area contributed by atoms with Gasteiger partial charge in [-0.1, -0.05) is 12.5 Å². The number of rotatable bonds is 4. The van der Waals surface area contributed by atoms with Crippen molar-refractivity contribution in [1.29, 1.82) is 0 Å². The van der Waals surface area contributed by atoms with Gasteiger partial charge in [0.1, 0.15) is 9.84 Å². The Morgan fingerprint density at radius 2 is 2.12 bits per heavy atom. The van der Waals surface area contributed by atoms with Crippen LogP contribution in [0, 0.1) is 0 Å². The molecule has 1 saturated carbocycles. The minimum absolute atomic E-state index is 0.0978. The van der Waals surface area contributed by atoms with Crippen LogP contribution in [0.1, 0.15) is 36.0 Å². The summed E-state index contributed by atoms with van der Waals surface area (Å²) in [5.74, 6) is -0.178. The number of hydrogen-bond donors (Lipinski definition) is 1. The maximum Gasteiger partial charge on any atom is 0.251 e. The zero-order chi connectivity index (χ0) is 17.2. The van der Waals surface area contributed by atoms with E-state index in [0.29, 0.717) is 18.4 Å². The molecule has 2 aromatic rings. The van der Waals surface area contributed by atoms with Crippen molar-refractivity contribution >= 4 is 15.7 Å². The Bertz CT molecular complexity index is 815. The van der Waals surface area contributed by atoms with Crippen LogP contribution in [0.4, 0.5) is 0 Å². The Morgan fingerprint density at radius 3 is 2.83 bits per heavy atom. The molecule has 1 amide bonds. The molecule has 0 bridgehead atoms. The van der Waals surface area contributed by atoms with Gasteiger partial charge in [0.05, 0.1) is 10.9 Å². The average Bonchev–Trinajstić information content (AvgIpc) is 3.09. The average molecular weight is 347 g/mol. The second-order valence-electron chi connectivity index (χ2n) is 6.29. The van der Waals surface area contributed by atoms with E-state index in [-0.39, 0.29) is 17.2 Å². The topological polar surface area (TPSA) is 81.1 Å². The molecule has 1 heterocycles. The lowest BCUT2D eigenvalue weighted by molar-refractivity contribution is 0.0928. The van der Waals surface area contributed by atoms with Gasteiger partial charge >= 0.3 is 0 Å². The molecule has 0 radical (unpaired) electrons. The van der Waals surface area contributed by atoms with Crippen LogP contribution in [0.2, 0.25) is 0 Å². The number of sulfone groups is 1. The van der Waals surface area contributed by atoms with Crippen molar-refractivity contribution in [3.63, 3.8) is 0 Å². The van der Waals surface area contributed by atoms with Crippen molar-refractivity contribution in [1.82, 2.24) is 15.1 Å². The lowest BCUT2D eigenvalue weighted by atomic mass is 9.94. The second-order valence-corrected chi connectivity index (χ2v) is 8.62. The molecular formula is C17H21N3O3S. The van der Waals surface area contributed by atoms with Crippen LogP contribution in [-0.4, -0.2) is 41.7 Å². The molecule has 0 aliphatic heterocycles. The minimum Gasteiger partial charge on any atom is -0.349 e. The Balaban J connectivity index is 1.70. The number of benzene rings is 1. The SMILES string of the molecule is CS(=O)(=O)C1CCCC(NC(=O)c2cccc(-n3cccn3)c2)C1. The molecule has 0 saturated heterocycles. The summed E-state index contributed by atoms with van der Waals surface area (Å²) in [5.41, 5.74) is 1.36. The van der Waals surface area contributed by atoms with Crippen LogP contribution in [-0.2, 0) is 9.84 Å². The summed E-state index contributed by atoms with van der Waals surface area (Å²) in [4.78, 5) is 12.5. The van der Waals surface area contributed by atoms with Crippen LogP contribution in [0.25, 0.3) is 5.69 Å². The quantitative estimate of drug-likeness (QED) is 0.917. The number of amides is 1.